The Morgan fingerprint density at radius 1 is 1.23 bits per heavy atom. The van der Waals surface area contributed by atoms with Crippen LogP contribution in [-0.2, 0) is 6.42 Å². The SMILES string of the molecule is CCC1CCC(C)N1CC(=O)c1cc(CC(F)(F)F)n(-c2ccc(C#N)cc2)c1C. The zero-order valence-corrected chi connectivity index (χ0v) is 17.5. The lowest BCUT2D eigenvalue weighted by Gasteiger charge is -2.26. The number of hydrogen-bond acceptors (Lipinski definition) is 3. The van der Waals surface area contributed by atoms with Crippen LogP contribution >= 0.6 is 0 Å². The van der Waals surface area contributed by atoms with E-state index in [2.05, 4.69) is 18.7 Å². The molecule has 2 aromatic rings. The highest BCUT2D eigenvalue weighted by molar-refractivity contribution is 5.99. The van der Waals surface area contributed by atoms with E-state index in [9.17, 15) is 18.0 Å². The molecular weight excluding hydrogens is 391 g/mol. The Morgan fingerprint density at radius 2 is 1.90 bits per heavy atom. The Hall–Kier alpha value is -2.59. The number of alkyl halides is 3. The normalized spacial score (nSPS) is 19.8. The zero-order chi connectivity index (χ0) is 22.1. The Morgan fingerprint density at radius 3 is 2.47 bits per heavy atom. The van der Waals surface area contributed by atoms with Crippen molar-refractivity contribution in [1.29, 1.82) is 5.26 Å². The first-order chi connectivity index (χ1) is 14.1. The third-order valence-electron chi connectivity index (χ3n) is 6.01. The Kier molecular flexibility index (Phi) is 6.37. The molecule has 0 saturated carbocycles. The summed E-state index contributed by atoms with van der Waals surface area (Å²) in [5.74, 6) is -0.157. The number of ketones is 1. The fraction of sp³-hybridized carbons (Fsp3) is 0.478. The summed E-state index contributed by atoms with van der Waals surface area (Å²) < 4.78 is 41.2. The molecule has 30 heavy (non-hydrogen) atoms. The van der Waals surface area contributed by atoms with E-state index in [1.54, 1.807) is 31.2 Å². The molecule has 0 N–H and O–H groups in total. The predicted molar refractivity (Wildman–Crippen MR) is 109 cm³/mol. The van der Waals surface area contributed by atoms with E-state index in [0.717, 1.165) is 19.3 Å². The van der Waals surface area contributed by atoms with E-state index in [1.807, 2.05) is 6.07 Å². The third kappa shape index (κ3) is 4.59. The molecule has 1 fully saturated rings. The highest BCUT2D eigenvalue weighted by Crippen LogP contribution is 2.30. The van der Waals surface area contributed by atoms with Crippen LogP contribution in [0.25, 0.3) is 5.69 Å². The van der Waals surface area contributed by atoms with Crippen molar-refractivity contribution in [3.05, 3.63) is 52.8 Å². The van der Waals surface area contributed by atoms with Crippen LogP contribution in [0.3, 0.4) is 0 Å². The van der Waals surface area contributed by atoms with Gasteiger partial charge in [-0.25, -0.2) is 0 Å². The van der Waals surface area contributed by atoms with Gasteiger partial charge in [-0.15, -0.1) is 0 Å². The highest BCUT2D eigenvalue weighted by Gasteiger charge is 2.34. The van der Waals surface area contributed by atoms with Gasteiger partial charge in [-0.3, -0.25) is 9.69 Å². The molecule has 7 heteroatoms. The fourth-order valence-electron chi connectivity index (χ4n) is 4.43. The minimum absolute atomic E-state index is 0.0227. The molecule has 1 aromatic carbocycles. The van der Waals surface area contributed by atoms with Gasteiger partial charge < -0.3 is 4.57 Å². The van der Waals surface area contributed by atoms with Gasteiger partial charge in [-0.2, -0.15) is 18.4 Å². The number of nitrogens with zero attached hydrogens (tertiary/aromatic N) is 3. The lowest BCUT2D eigenvalue weighted by molar-refractivity contribution is -0.128. The van der Waals surface area contributed by atoms with Gasteiger partial charge in [0.1, 0.15) is 0 Å². The largest absolute Gasteiger partial charge is 0.394 e. The Labute approximate surface area is 174 Å². The van der Waals surface area contributed by atoms with E-state index in [0.29, 0.717) is 28.6 Å². The van der Waals surface area contributed by atoms with Gasteiger partial charge in [0.15, 0.2) is 5.78 Å². The van der Waals surface area contributed by atoms with Crippen molar-refractivity contribution in [2.45, 2.75) is 64.7 Å². The summed E-state index contributed by atoms with van der Waals surface area (Å²) in [4.78, 5) is 15.3. The second-order valence-corrected chi connectivity index (χ2v) is 8.00. The molecule has 0 bridgehead atoms. The van der Waals surface area contributed by atoms with Crippen molar-refractivity contribution in [2.75, 3.05) is 6.54 Å². The number of benzene rings is 1. The Balaban J connectivity index is 1.98. The molecule has 4 nitrogen and oxygen atoms in total. The van der Waals surface area contributed by atoms with Crippen LogP contribution in [0.4, 0.5) is 13.2 Å². The number of nitriles is 1. The highest BCUT2D eigenvalue weighted by atomic mass is 19.4. The topological polar surface area (TPSA) is 49.0 Å². The van der Waals surface area contributed by atoms with E-state index in [1.165, 1.54) is 10.6 Å². The Bertz CT molecular complexity index is 954. The van der Waals surface area contributed by atoms with Crippen molar-refractivity contribution < 1.29 is 18.0 Å². The molecule has 2 heterocycles. The molecule has 2 unspecified atom stereocenters. The first-order valence-corrected chi connectivity index (χ1v) is 10.2. The summed E-state index contributed by atoms with van der Waals surface area (Å²) in [6.45, 7) is 6.07. The summed E-state index contributed by atoms with van der Waals surface area (Å²) in [7, 11) is 0. The third-order valence-corrected chi connectivity index (χ3v) is 6.01. The second kappa shape index (κ2) is 8.65. The number of carbonyl (C=O) groups is 1. The van der Waals surface area contributed by atoms with Crippen LogP contribution in [0.2, 0.25) is 0 Å². The lowest BCUT2D eigenvalue weighted by Crippen LogP contribution is -2.38. The van der Waals surface area contributed by atoms with Crippen molar-refractivity contribution in [1.82, 2.24) is 9.47 Å². The number of aromatic nitrogens is 1. The number of Topliss-reactive ketones (excluding diaryl/α,β-unsaturated/α-hetero) is 1. The number of hydrogen-bond donors (Lipinski definition) is 0. The van der Waals surface area contributed by atoms with E-state index >= 15 is 0 Å². The first kappa shape index (κ1) is 22.1. The molecule has 1 aliphatic heterocycles. The molecule has 1 aromatic heterocycles. The molecule has 160 valence electrons. The lowest BCUT2D eigenvalue weighted by atomic mass is 10.1. The van der Waals surface area contributed by atoms with Gasteiger partial charge in [0, 0.05) is 34.7 Å². The van der Waals surface area contributed by atoms with Gasteiger partial charge in [0.25, 0.3) is 0 Å². The van der Waals surface area contributed by atoms with Gasteiger partial charge in [-0.05, 0) is 63.4 Å². The summed E-state index contributed by atoms with van der Waals surface area (Å²) in [5.41, 5.74) is 1.77. The maximum absolute atomic E-state index is 13.2. The maximum Gasteiger partial charge on any atom is 0.394 e. The molecule has 0 aliphatic carbocycles. The standard InChI is InChI=1S/C23H26F3N3O/c1-4-18-8-5-15(2)28(18)14-22(30)21-11-20(12-23(24,25)26)29(16(21)3)19-9-6-17(13-27)7-10-19/h6-7,9-11,15,18H,4-5,8,12,14H2,1-3H3. The predicted octanol–water partition coefficient (Wildman–Crippen LogP) is 5.21. The molecule has 0 amide bonds. The number of rotatable bonds is 6. The van der Waals surface area contributed by atoms with Crippen LogP contribution < -0.4 is 0 Å². The van der Waals surface area contributed by atoms with Crippen LogP contribution in [-0.4, -0.2) is 40.1 Å². The molecule has 0 radical (unpaired) electrons. The van der Waals surface area contributed by atoms with E-state index in [-0.39, 0.29) is 24.1 Å². The molecular formula is C23H26F3N3O. The van der Waals surface area contributed by atoms with Crippen LogP contribution in [0, 0.1) is 18.3 Å². The van der Waals surface area contributed by atoms with Crippen molar-refractivity contribution >= 4 is 5.78 Å². The number of likely N-dealkylation sites (tertiary alicyclic amines) is 1. The maximum atomic E-state index is 13.2. The quantitative estimate of drug-likeness (QED) is 0.607. The monoisotopic (exact) mass is 417 g/mol. The summed E-state index contributed by atoms with van der Waals surface area (Å²) >= 11 is 0. The van der Waals surface area contributed by atoms with Gasteiger partial charge in [0.2, 0.25) is 0 Å². The minimum atomic E-state index is -4.40. The molecule has 2 atom stereocenters. The smallest absolute Gasteiger partial charge is 0.317 e. The average Bonchev–Trinajstić information content (AvgIpc) is 3.20. The van der Waals surface area contributed by atoms with Gasteiger partial charge in [0.05, 0.1) is 24.6 Å². The van der Waals surface area contributed by atoms with Crippen molar-refractivity contribution in [2.24, 2.45) is 0 Å². The second-order valence-electron chi connectivity index (χ2n) is 8.00. The molecule has 1 aliphatic rings. The fourth-order valence-corrected chi connectivity index (χ4v) is 4.43. The number of halogens is 3. The minimum Gasteiger partial charge on any atom is -0.317 e. The first-order valence-electron chi connectivity index (χ1n) is 10.2. The summed E-state index contributed by atoms with van der Waals surface area (Å²) in [6, 6.07) is 10.3. The molecule has 1 saturated heterocycles. The van der Waals surface area contributed by atoms with Crippen LogP contribution in [0.5, 0.6) is 0 Å². The molecule has 0 spiro atoms. The molecule has 3 rings (SSSR count). The summed E-state index contributed by atoms with van der Waals surface area (Å²) in [5, 5.41) is 8.98. The van der Waals surface area contributed by atoms with Gasteiger partial charge in [-0.1, -0.05) is 6.92 Å². The van der Waals surface area contributed by atoms with Crippen LogP contribution in [0.15, 0.2) is 30.3 Å². The average molecular weight is 417 g/mol. The summed E-state index contributed by atoms with van der Waals surface area (Å²) in [6.07, 6.45) is -2.51. The van der Waals surface area contributed by atoms with Crippen molar-refractivity contribution in [3.63, 3.8) is 0 Å². The zero-order valence-electron chi connectivity index (χ0n) is 17.5. The van der Waals surface area contributed by atoms with E-state index in [4.69, 9.17) is 5.26 Å². The van der Waals surface area contributed by atoms with Gasteiger partial charge >= 0.3 is 6.18 Å². The van der Waals surface area contributed by atoms with E-state index < -0.39 is 12.6 Å². The van der Waals surface area contributed by atoms with Crippen LogP contribution in [0.1, 0.15) is 60.4 Å². The van der Waals surface area contributed by atoms with Crippen molar-refractivity contribution in [3.8, 4) is 11.8 Å². The number of carbonyl (C=O) groups excluding carboxylic acids is 1.